The number of rotatable bonds is 12. The summed E-state index contributed by atoms with van der Waals surface area (Å²) in [6, 6.07) is 7.39. The van der Waals surface area contributed by atoms with Gasteiger partial charge < -0.3 is 18.9 Å². The van der Waals surface area contributed by atoms with Crippen molar-refractivity contribution in [3.05, 3.63) is 42.2 Å². The van der Waals surface area contributed by atoms with Crippen LogP contribution in [0.2, 0.25) is 0 Å². The predicted molar refractivity (Wildman–Crippen MR) is 149 cm³/mol. The Morgan fingerprint density at radius 1 is 1.07 bits per heavy atom. The molecule has 2 aromatic heterocycles. The van der Waals surface area contributed by atoms with Crippen molar-refractivity contribution in [2.75, 3.05) is 20.3 Å². The number of esters is 1. The Hall–Kier alpha value is -3.73. The van der Waals surface area contributed by atoms with Gasteiger partial charge in [0, 0.05) is 36.3 Å². The fourth-order valence-corrected chi connectivity index (χ4v) is 6.42. The minimum absolute atomic E-state index is 0.0249. The van der Waals surface area contributed by atoms with Gasteiger partial charge in [0.25, 0.3) is 0 Å². The van der Waals surface area contributed by atoms with Gasteiger partial charge in [-0.3, -0.25) is 18.9 Å². The SMILES string of the molecule is CCOC(=O)CN1[C@@H]2CC[C@H]1CC(Oc1ccn3c(-c4cc(OC)c(C(=O)CC5CC5)c(OC(F)F)c4)cnc3c1)C2. The van der Waals surface area contributed by atoms with Crippen molar-refractivity contribution < 1.29 is 37.3 Å². The largest absolute Gasteiger partial charge is 0.496 e. The molecule has 3 fully saturated rings. The van der Waals surface area contributed by atoms with E-state index in [4.69, 9.17) is 18.9 Å². The van der Waals surface area contributed by atoms with E-state index in [-0.39, 0.29) is 47.3 Å². The van der Waals surface area contributed by atoms with E-state index in [1.807, 2.05) is 29.7 Å². The average molecular weight is 584 g/mol. The van der Waals surface area contributed by atoms with Gasteiger partial charge in [0.2, 0.25) is 0 Å². The molecule has 2 saturated heterocycles. The smallest absolute Gasteiger partial charge is 0.387 e. The van der Waals surface area contributed by atoms with Gasteiger partial charge in [-0.15, -0.1) is 0 Å². The van der Waals surface area contributed by atoms with Crippen molar-refractivity contribution in [1.82, 2.24) is 14.3 Å². The number of benzene rings is 1. The first-order valence-electron chi connectivity index (χ1n) is 14.6. The number of halogens is 2. The maximum atomic E-state index is 13.4. The maximum Gasteiger partial charge on any atom is 0.387 e. The van der Waals surface area contributed by atoms with Crippen LogP contribution in [-0.4, -0.2) is 71.1 Å². The van der Waals surface area contributed by atoms with E-state index >= 15 is 0 Å². The number of piperidine rings is 1. The van der Waals surface area contributed by atoms with Gasteiger partial charge in [0.05, 0.1) is 32.2 Å². The monoisotopic (exact) mass is 583 g/mol. The lowest BCUT2D eigenvalue weighted by Crippen LogP contribution is -2.48. The third-order valence-corrected chi connectivity index (χ3v) is 8.49. The molecular weight excluding hydrogens is 548 g/mol. The number of hydrogen-bond donors (Lipinski definition) is 0. The van der Waals surface area contributed by atoms with Crippen molar-refractivity contribution in [2.45, 2.75) is 76.7 Å². The number of ether oxygens (including phenoxy) is 4. The fraction of sp³-hybridized carbons (Fsp3) is 0.516. The number of Topliss-reactive ketones (excluding diaryl/α,β-unsaturated/α-hetero) is 1. The van der Waals surface area contributed by atoms with Gasteiger partial charge >= 0.3 is 12.6 Å². The molecule has 4 heterocycles. The second kappa shape index (κ2) is 11.9. The van der Waals surface area contributed by atoms with Gasteiger partial charge in [0.15, 0.2) is 5.78 Å². The number of methoxy groups -OCH3 is 1. The van der Waals surface area contributed by atoms with E-state index in [0.717, 1.165) is 38.5 Å². The molecule has 9 nitrogen and oxygen atoms in total. The van der Waals surface area contributed by atoms with Gasteiger partial charge in [-0.25, -0.2) is 4.98 Å². The van der Waals surface area contributed by atoms with Crippen molar-refractivity contribution in [1.29, 1.82) is 0 Å². The Balaban J connectivity index is 1.21. The topological polar surface area (TPSA) is 91.6 Å². The number of fused-ring (bicyclic) bond motifs is 3. The van der Waals surface area contributed by atoms with Crippen LogP contribution in [0.1, 0.15) is 62.2 Å². The summed E-state index contributed by atoms with van der Waals surface area (Å²) in [5.74, 6) is 0.499. The highest BCUT2D eigenvalue weighted by atomic mass is 19.3. The van der Waals surface area contributed by atoms with Crippen LogP contribution < -0.4 is 14.2 Å². The van der Waals surface area contributed by atoms with Gasteiger partial charge in [-0.05, 0) is 69.6 Å². The molecule has 3 aromatic rings. The normalized spacial score (nSPS) is 22.0. The summed E-state index contributed by atoms with van der Waals surface area (Å²) in [6.45, 7) is -0.568. The third-order valence-electron chi connectivity index (χ3n) is 8.49. The van der Waals surface area contributed by atoms with Crippen molar-refractivity contribution in [2.24, 2.45) is 5.92 Å². The number of aromatic nitrogens is 2. The lowest BCUT2D eigenvalue weighted by atomic mass is 9.99. The van der Waals surface area contributed by atoms with E-state index in [2.05, 4.69) is 9.88 Å². The second-order valence-corrected chi connectivity index (χ2v) is 11.3. The minimum atomic E-state index is -3.09. The van der Waals surface area contributed by atoms with Crippen LogP contribution in [0.5, 0.6) is 17.2 Å². The number of carbonyl (C=O) groups excluding carboxylic acids is 2. The van der Waals surface area contributed by atoms with E-state index in [0.29, 0.717) is 47.9 Å². The molecule has 11 heteroatoms. The molecule has 0 radical (unpaired) electrons. The molecule has 0 amide bonds. The van der Waals surface area contributed by atoms with Crippen LogP contribution in [0, 0.1) is 5.92 Å². The zero-order valence-corrected chi connectivity index (χ0v) is 23.8. The first kappa shape index (κ1) is 28.4. The van der Waals surface area contributed by atoms with Crippen LogP contribution in [0.25, 0.3) is 16.9 Å². The minimum Gasteiger partial charge on any atom is -0.496 e. The maximum absolute atomic E-state index is 13.4. The van der Waals surface area contributed by atoms with Crippen LogP contribution >= 0.6 is 0 Å². The molecule has 1 aromatic carbocycles. The van der Waals surface area contributed by atoms with Crippen LogP contribution in [-0.2, 0) is 9.53 Å². The van der Waals surface area contributed by atoms with Gasteiger partial charge in [0.1, 0.15) is 34.6 Å². The summed E-state index contributed by atoms with van der Waals surface area (Å²) in [5.41, 5.74) is 1.81. The first-order valence-corrected chi connectivity index (χ1v) is 14.6. The average Bonchev–Trinajstić information content (AvgIpc) is 3.62. The summed E-state index contributed by atoms with van der Waals surface area (Å²) >= 11 is 0. The molecule has 42 heavy (non-hydrogen) atoms. The summed E-state index contributed by atoms with van der Waals surface area (Å²) < 4.78 is 50.4. The molecule has 3 atom stereocenters. The van der Waals surface area contributed by atoms with E-state index in [1.54, 1.807) is 12.3 Å². The zero-order chi connectivity index (χ0) is 29.4. The van der Waals surface area contributed by atoms with Crippen molar-refractivity contribution >= 4 is 17.4 Å². The summed E-state index contributed by atoms with van der Waals surface area (Å²) in [7, 11) is 1.41. The lowest BCUT2D eigenvalue weighted by Gasteiger charge is -2.38. The highest BCUT2D eigenvalue weighted by molar-refractivity contribution is 6.02. The molecule has 1 saturated carbocycles. The zero-order valence-electron chi connectivity index (χ0n) is 23.8. The Bertz CT molecular complexity index is 1460. The standard InChI is InChI=1S/C31H35F2N3O6/c1-3-40-29(38)17-36-20-6-7-21(36)14-23(13-20)41-22-8-9-35-24(16-34-28(35)15-22)19-11-26(39-2)30(25(37)10-18-4-5-18)27(12-19)42-31(32)33/h8-9,11-12,15-16,18,20-21,23,31H,3-7,10,13-14,17H2,1-2H3/t20-,21+,23?. The molecule has 3 aliphatic rings. The van der Waals surface area contributed by atoms with E-state index < -0.39 is 6.61 Å². The van der Waals surface area contributed by atoms with Crippen LogP contribution in [0.4, 0.5) is 8.78 Å². The molecule has 1 aliphatic carbocycles. The Kier molecular flexibility index (Phi) is 8.02. The highest BCUT2D eigenvalue weighted by Crippen LogP contribution is 2.41. The molecule has 0 spiro atoms. The van der Waals surface area contributed by atoms with E-state index in [1.165, 1.54) is 13.2 Å². The number of carbonyl (C=O) groups is 2. The quantitative estimate of drug-likeness (QED) is 0.203. The van der Waals surface area contributed by atoms with Crippen LogP contribution in [0.3, 0.4) is 0 Å². The molecule has 1 unspecified atom stereocenters. The van der Waals surface area contributed by atoms with Crippen molar-refractivity contribution in [3.63, 3.8) is 0 Å². The molecule has 224 valence electrons. The first-order chi connectivity index (χ1) is 20.3. The Morgan fingerprint density at radius 2 is 1.81 bits per heavy atom. The van der Waals surface area contributed by atoms with Gasteiger partial charge in [-0.2, -0.15) is 8.78 Å². The van der Waals surface area contributed by atoms with Crippen LogP contribution in [0.15, 0.2) is 36.7 Å². The van der Waals surface area contributed by atoms with E-state index in [9.17, 15) is 18.4 Å². The van der Waals surface area contributed by atoms with Crippen molar-refractivity contribution in [3.8, 4) is 28.5 Å². The molecular formula is C31H35F2N3O6. The molecule has 6 rings (SSSR count). The fourth-order valence-electron chi connectivity index (χ4n) is 6.42. The highest BCUT2D eigenvalue weighted by Gasteiger charge is 2.42. The molecule has 2 bridgehead atoms. The number of ketones is 1. The predicted octanol–water partition coefficient (Wildman–Crippen LogP) is 5.53. The Morgan fingerprint density at radius 3 is 2.48 bits per heavy atom. The lowest BCUT2D eigenvalue weighted by molar-refractivity contribution is -0.146. The number of imidazole rings is 1. The molecule has 2 aliphatic heterocycles. The Labute approximate surface area is 242 Å². The number of pyridine rings is 1. The summed E-state index contributed by atoms with van der Waals surface area (Å²) in [5, 5.41) is 0. The second-order valence-electron chi connectivity index (χ2n) is 11.3. The number of alkyl halides is 2. The summed E-state index contributed by atoms with van der Waals surface area (Å²) in [6.07, 6.45) is 9.43. The van der Waals surface area contributed by atoms with Gasteiger partial charge in [-0.1, -0.05) is 0 Å². The number of hydrogen-bond acceptors (Lipinski definition) is 8. The summed E-state index contributed by atoms with van der Waals surface area (Å²) in [4.78, 5) is 31.8. The number of nitrogens with zero attached hydrogens (tertiary/aromatic N) is 3. The molecule has 0 N–H and O–H groups in total. The third kappa shape index (κ3) is 5.92.